The highest BCUT2D eigenvalue weighted by Gasteiger charge is 2.22. The molecule has 0 bridgehead atoms. The minimum Gasteiger partial charge on any atom is -0.491 e. The lowest BCUT2D eigenvalue weighted by Gasteiger charge is -2.32. The number of aliphatic hydroxyl groups is 3. The van der Waals surface area contributed by atoms with Crippen LogP contribution in [0.5, 0.6) is 5.75 Å². The van der Waals surface area contributed by atoms with Gasteiger partial charge in [-0.2, -0.15) is 0 Å². The second-order valence-corrected chi connectivity index (χ2v) is 7.94. The number of nitrogens with one attached hydrogen (secondary N) is 1. The quantitative estimate of drug-likeness (QED) is 0.418. The lowest BCUT2D eigenvalue weighted by Crippen LogP contribution is -2.37. The van der Waals surface area contributed by atoms with Gasteiger partial charge >= 0.3 is 0 Å². The van der Waals surface area contributed by atoms with Gasteiger partial charge in [-0.05, 0) is 38.1 Å². The van der Waals surface area contributed by atoms with Crippen molar-refractivity contribution in [1.82, 2.24) is 15.3 Å². The van der Waals surface area contributed by atoms with E-state index < -0.39 is 12.4 Å². The van der Waals surface area contributed by atoms with Gasteiger partial charge in [-0.3, -0.25) is 0 Å². The van der Waals surface area contributed by atoms with Crippen molar-refractivity contribution < 1.29 is 24.8 Å². The van der Waals surface area contributed by atoms with Gasteiger partial charge in [0.1, 0.15) is 30.0 Å². The maximum Gasteiger partial charge on any atom is 0.196 e. The topological polar surface area (TPSA) is 120 Å². The van der Waals surface area contributed by atoms with Gasteiger partial charge in [-0.15, -0.1) is 0 Å². The number of ether oxygens (including phenoxy) is 2. The van der Waals surface area contributed by atoms with Crippen LogP contribution >= 0.6 is 11.6 Å². The van der Waals surface area contributed by atoms with E-state index in [0.29, 0.717) is 47.7 Å². The lowest BCUT2D eigenvalue weighted by atomic mass is 10.1. The monoisotopic (exact) mass is 452 g/mol. The fourth-order valence-electron chi connectivity index (χ4n) is 3.42. The van der Waals surface area contributed by atoms with E-state index >= 15 is 0 Å². The van der Waals surface area contributed by atoms with Crippen molar-refractivity contribution in [3.8, 4) is 17.1 Å². The number of hydrogen-bond acceptors (Lipinski definition) is 9. The summed E-state index contributed by atoms with van der Waals surface area (Å²) in [5, 5.41) is 32.7. The Bertz CT molecular complexity index is 864. The Labute approximate surface area is 186 Å². The van der Waals surface area contributed by atoms with Crippen LogP contribution in [0.4, 0.5) is 5.82 Å². The highest BCUT2D eigenvalue weighted by molar-refractivity contribution is 6.31. The van der Waals surface area contributed by atoms with Crippen molar-refractivity contribution in [2.24, 2.45) is 0 Å². The highest BCUT2D eigenvalue weighted by Crippen LogP contribution is 2.30. The fraction of sp³-hybridized carbons (Fsp3) is 0.524. The van der Waals surface area contributed by atoms with E-state index in [-0.39, 0.29) is 18.3 Å². The van der Waals surface area contributed by atoms with Gasteiger partial charge in [-0.25, -0.2) is 9.97 Å². The van der Waals surface area contributed by atoms with Crippen molar-refractivity contribution in [2.45, 2.75) is 31.3 Å². The first kappa shape index (κ1) is 23.6. The van der Waals surface area contributed by atoms with Crippen LogP contribution in [0, 0.1) is 0 Å². The van der Waals surface area contributed by atoms with Crippen molar-refractivity contribution in [3.63, 3.8) is 0 Å². The van der Waals surface area contributed by atoms with Gasteiger partial charge in [0, 0.05) is 49.5 Å². The molecule has 3 rings (SSSR count). The van der Waals surface area contributed by atoms with Crippen molar-refractivity contribution in [2.75, 3.05) is 45.4 Å². The first-order valence-electron chi connectivity index (χ1n) is 10.2. The summed E-state index contributed by atoms with van der Waals surface area (Å²) in [6.07, 6.45) is -0.695. The first-order valence-corrected chi connectivity index (χ1v) is 10.6. The molecule has 1 atom stereocenters. The second kappa shape index (κ2) is 11.0. The zero-order chi connectivity index (χ0) is 22.4. The van der Waals surface area contributed by atoms with Crippen molar-refractivity contribution in [1.29, 1.82) is 0 Å². The van der Waals surface area contributed by atoms with Crippen LogP contribution in [0.25, 0.3) is 11.4 Å². The molecule has 1 aliphatic rings. The van der Waals surface area contributed by atoms with E-state index in [2.05, 4.69) is 15.3 Å². The minimum atomic E-state index is -1.74. The molecule has 2 aromatic rings. The van der Waals surface area contributed by atoms with Crippen LogP contribution in [0.3, 0.4) is 0 Å². The van der Waals surface area contributed by atoms with Gasteiger partial charge in [0.15, 0.2) is 12.1 Å². The van der Waals surface area contributed by atoms with E-state index in [1.54, 1.807) is 31.3 Å². The van der Waals surface area contributed by atoms with Crippen LogP contribution in [0.2, 0.25) is 5.02 Å². The molecule has 10 heteroatoms. The van der Waals surface area contributed by atoms with Gasteiger partial charge < -0.3 is 35.0 Å². The van der Waals surface area contributed by atoms with E-state index in [9.17, 15) is 15.3 Å². The number of halogens is 1. The Morgan fingerprint density at radius 1 is 1.19 bits per heavy atom. The Balaban J connectivity index is 1.91. The smallest absolute Gasteiger partial charge is 0.196 e. The first-order chi connectivity index (χ1) is 14.9. The Morgan fingerprint density at radius 3 is 2.61 bits per heavy atom. The minimum absolute atomic E-state index is 0.0887. The number of benzene rings is 1. The number of aromatic nitrogens is 2. The average Bonchev–Trinajstić information content (AvgIpc) is 2.77. The van der Waals surface area contributed by atoms with E-state index in [1.807, 2.05) is 11.9 Å². The Kier molecular flexibility index (Phi) is 8.42. The predicted octanol–water partition coefficient (Wildman–Crippen LogP) is 1.35. The van der Waals surface area contributed by atoms with Crippen LogP contribution in [-0.4, -0.2) is 77.9 Å². The third-order valence-corrected chi connectivity index (χ3v) is 5.33. The molecule has 1 saturated heterocycles. The fourth-order valence-corrected chi connectivity index (χ4v) is 3.64. The standard InChI is InChI=1S/C21H29ClN4O5/c1-23-11-16(27)12-31-17-8-13(7-14(22)9-17)20-24-18(21(28)29)10-19(25-20)26(2)15-3-5-30-6-4-15/h7-10,15-16,21,23,27-29H,3-6,11-12H2,1-2H3. The molecule has 0 spiro atoms. The largest absolute Gasteiger partial charge is 0.491 e. The summed E-state index contributed by atoms with van der Waals surface area (Å²) in [4.78, 5) is 11.0. The Morgan fingerprint density at radius 2 is 1.94 bits per heavy atom. The molecule has 0 amide bonds. The summed E-state index contributed by atoms with van der Waals surface area (Å²) in [5.41, 5.74) is 0.653. The molecule has 1 unspecified atom stereocenters. The van der Waals surface area contributed by atoms with E-state index in [0.717, 1.165) is 12.8 Å². The summed E-state index contributed by atoms with van der Waals surface area (Å²) >= 11 is 6.27. The van der Waals surface area contributed by atoms with Crippen LogP contribution < -0.4 is 15.0 Å². The zero-order valence-corrected chi connectivity index (χ0v) is 18.4. The van der Waals surface area contributed by atoms with Crippen LogP contribution in [0.15, 0.2) is 24.3 Å². The number of anilines is 1. The lowest BCUT2D eigenvalue weighted by molar-refractivity contribution is -0.0458. The average molecular weight is 453 g/mol. The van der Waals surface area contributed by atoms with Gasteiger partial charge in [-0.1, -0.05) is 11.6 Å². The molecule has 0 radical (unpaired) electrons. The molecule has 1 aromatic heterocycles. The molecule has 1 aliphatic heterocycles. The zero-order valence-electron chi connectivity index (χ0n) is 17.7. The molecule has 170 valence electrons. The van der Waals surface area contributed by atoms with Crippen molar-refractivity contribution >= 4 is 17.4 Å². The molecule has 0 aliphatic carbocycles. The van der Waals surface area contributed by atoms with Gasteiger partial charge in [0.2, 0.25) is 0 Å². The molecule has 2 heterocycles. The maximum atomic E-state index is 9.87. The summed E-state index contributed by atoms with van der Waals surface area (Å²) in [5.74, 6) is 1.32. The summed E-state index contributed by atoms with van der Waals surface area (Å²) < 4.78 is 11.1. The normalized spacial score (nSPS) is 15.8. The maximum absolute atomic E-state index is 9.87. The molecule has 31 heavy (non-hydrogen) atoms. The van der Waals surface area contributed by atoms with E-state index in [1.165, 1.54) is 0 Å². The third kappa shape index (κ3) is 6.49. The number of likely N-dealkylation sites (N-methyl/N-ethyl adjacent to an activating group) is 1. The third-order valence-electron chi connectivity index (χ3n) is 5.11. The molecule has 9 nitrogen and oxygen atoms in total. The summed E-state index contributed by atoms with van der Waals surface area (Å²) in [6, 6.07) is 6.82. The van der Waals surface area contributed by atoms with Crippen LogP contribution in [0.1, 0.15) is 24.8 Å². The second-order valence-electron chi connectivity index (χ2n) is 7.50. The molecule has 4 N–H and O–H groups in total. The number of rotatable bonds is 9. The molecule has 1 fully saturated rings. The Hall–Kier alpha value is -2.01. The number of hydrogen-bond donors (Lipinski definition) is 4. The van der Waals surface area contributed by atoms with Crippen LogP contribution in [-0.2, 0) is 4.74 Å². The molecule has 1 aromatic carbocycles. The summed E-state index contributed by atoms with van der Waals surface area (Å²) in [6.45, 7) is 1.84. The van der Waals surface area contributed by atoms with Gasteiger partial charge in [0.25, 0.3) is 0 Å². The van der Waals surface area contributed by atoms with E-state index in [4.69, 9.17) is 21.1 Å². The SMILES string of the molecule is CNCC(O)COc1cc(Cl)cc(-c2nc(C(O)O)cc(N(C)C3CCOCC3)n2)c1. The number of nitrogens with zero attached hydrogens (tertiary/aromatic N) is 3. The predicted molar refractivity (Wildman–Crippen MR) is 117 cm³/mol. The number of aliphatic hydroxyl groups excluding tert-OH is 2. The van der Waals surface area contributed by atoms with Gasteiger partial charge in [0.05, 0.1) is 0 Å². The summed E-state index contributed by atoms with van der Waals surface area (Å²) in [7, 11) is 3.67. The molecule has 0 saturated carbocycles. The van der Waals surface area contributed by atoms with Crippen molar-refractivity contribution in [3.05, 3.63) is 35.0 Å². The highest BCUT2D eigenvalue weighted by atomic mass is 35.5. The molecular formula is C21H29ClN4O5. The molecular weight excluding hydrogens is 424 g/mol.